The van der Waals surface area contributed by atoms with Gasteiger partial charge in [0.1, 0.15) is 5.75 Å². The molecule has 0 heterocycles. The Morgan fingerprint density at radius 1 is 1.06 bits per heavy atom. The Hall–Kier alpha value is -3.43. The second-order valence-electron chi connectivity index (χ2n) is 6.74. The van der Waals surface area contributed by atoms with Gasteiger partial charge >= 0.3 is 0 Å². The Kier molecular flexibility index (Phi) is 6.81. The number of aryl methyl sites for hydroxylation is 1. The minimum absolute atomic E-state index is 0.0293. The molecule has 166 valence electrons. The minimum Gasteiger partial charge on any atom is -0.494 e. The van der Waals surface area contributed by atoms with E-state index in [1.807, 2.05) is 0 Å². The van der Waals surface area contributed by atoms with E-state index in [1.165, 1.54) is 42.5 Å². The van der Waals surface area contributed by atoms with Crippen LogP contribution in [0.1, 0.15) is 22.8 Å². The fourth-order valence-corrected chi connectivity index (χ4v) is 4.53. The number of non-ortho nitro benzene ring substituents is 1. The van der Waals surface area contributed by atoms with Crippen molar-refractivity contribution in [2.45, 2.75) is 18.7 Å². The Bertz CT molecular complexity index is 1260. The van der Waals surface area contributed by atoms with Gasteiger partial charge < -0.3 is 4.74 Å². The maximum atomic E-state index is 13.5. The molecule has 0 atom stereocenters. The zero-order valence-electron chi connectivity index (χ0n) is 17.2. The average molecular weight is 475 g/mol. The third kappa shape index (κ3) is 4.74. The van der Waals surface area contributed by atoms with E-state index in [0.29, 0.717) is 16.7 Å². The van der Waals surface area contributed by atoms with E-state index in [9.17, 15) is 23.3 Å². The molecule has 0 saturated heterocycles. The number of benzene rings is 3. The maximum absolute atomic E-state index is 13.5. The molecule has 0 aliphatic rings. The molecule has 0 fully saturated rings. The molecule has 0 bridgehead atoms. The van der Waals surface area contributed by atoms with E-state index in [-0.39, 0.29) is 21.2 Å². The largest absolute Gasteiger partial charge is 0.494 e. The quantitative estimate of drug-likeness (QED) is 0.352. The SMILES string of the molecule is CCOc1ccc(N(C(=O)c2cc([N+](=O)[O-])ccc2Cl)S(=O)(=O)c2ccc(C)cc2)cc1. The molecule has 8 nitrogen and oxygen atoms in total. The summed E-state index contributed by atoms with van der Waals surface area (Å²) in [7, 11) is -4.38. The van der Waals surface area contributed by atoms with Gasteiger partial charge in [-0.15, -0.1) is 0 Å². The fraction of sp³-hybridized carbons (Fsp3) is 0.136. The first-order chi connectivity index (χ1) is 15.1. The summed E-state index contributed by atoms with van der Waals surface area (Å²) in [6.07, 6.45) is 0. The summed E-state index contributed by atoms with van der Waals surface area (Å²) in [6, 6.07) is 15.1. The van der Waals surface area contributed by atoms with Crippen molar-refractivity contribution in [2.75, 3.05) is 10.9 Å². The second kappa shape index (κ2) is 9.37. The van der Waals surface area contributed by atoms with Crippen LogP contribution in [0.5, 0.6) is 5.75 Å². The molecule has 0 aliphatic heterocycles. The number of carbonyl (C=O) groups is 1. The van der Waals surface area contributed by atoms with Crippen molar-refractivity contribution in [3.8, 4) is 5.75 Å². The number of sulfonamides is 1. The van der Waals surface area contributed by atoms with E-state index in [4.69, 9.17) is 16.3 Å². The molecule has 0 unspecified atom stereocenters. The highest BCUT2D eigenvalue weighted by Crippen LogP contribution is 2.31. The van der Waals surface area contributed by atoms with Crippen LogP contribution in [0.3, 0.4) is 0 Å². The van der Waals surface area contributed by atoms with E-state index in [1.54, 1.807) is 26.0 Å². The first kappa shape index (κ1) is 23.2. The van der Waals surface area contributed by atoms with Crippen molar-refractivity contribution in [3.63, 3.8) is 0 Å². The van der Waals surface area contributed by atoms with Gasteiger partial charge in [0, 0.05) is 12.1 Å². The number of nitrogens with zero attached hydrogens (tertiary/aromatic N) is 2. The van der Waals surface area contributed by atoms with Crippen molar-refractivity contribution in [1.29, 1.82) is 0 Å². The summed E-state index contributed by atoms with van der Waals surface area (Å²) < 4.78 is 33.0. The van der Waals surface area contributed by atoms with Crippen LogP contribution in [0, 0.1) is 17.0 Å². The van der Waals surface area contributed by atoms with Crippen molar-refractivity contribution in [1.82, 2.24) is 0 Å². The van der Waals surface area contributed by atoms with Gasteiger partial charge in [0.15, 0.2) is 0 Å². The van der Waals surface area contributed by atoms with Crippen LogP contribution in [0.2, 0.25) is 5.02 Å². The standard InChI is InChI=1S/C22H19ClN2O6S/c1-3-31-18-9-6-16(7-10-18)24(32(29,30)19-11-4-15(2)5-12-19)22(26)20-14-17(25(27)28)8-13-21(20)23/h4-14H,3H2,1-2H3. The highest BCUT2D eigenvalue weighted by atomic mass is 35.5. The van der Waals surface area contributed by atoms with Crippen LogP contribution in [-0.4, -0.2) is 25.9 Å². The molecule has 1 amide bonds. The van der Waals surface area contributed by atoms with E-state index in [0.717, 1.165) is 17.7 Å². The van der Waals surface area contributed by atoms with Crippen LogP contribution >= 0.6 is 11.6 Å². The van der Waals surface area contributed by atoms with Crippen LogP contribution in [0.4, 0.5) is 11.4 Å². The second-order valence-corrected chi connectivity index (χ2v) is 8.93. The molecular formula is C22H19ClN2O6S. The Morgan fingerprint density at radius 3 is 2.25 bits per heavy atom. The molecule has 0 radical (unpaired) electrons. The number of nitro groups is 1. The van der Waals surface area contributed by atoms with Gasteiger partial charge in [-0.1, -0.05) is 29.3 Å². The van der Waals surface area contributed by atoms with Crippen molar-refractivity contribution < 1.29 is 22.9 Å². The monoisotopic (exact) mass is 474 g/mol. The number of hydrogen-bond donors (Lipinski definition) is 0. The molecule has 0 saturated carbocycles. The summed E-state index contributed by atoms with van der Waals surface area (Å²) in [4.78, 5) is 23.8. The number of amides is 1. The summed E-state index contributed by atoms with van der Waals surface area (Å²) >= 11 is 6.13. The van der Waals surface area contributed by atoms with Crippen LogP contribution < -0.4 is 9.04 Å². The number of hydrogen-bond acceptors (Lipinski definition) is 6. The number of nitro benzene ring substituents is 1. The summed E-state index contributed by atoms with van der Waals surface area (Å²) in [5.74, 6) is -0.534. The predicted octanol–water partition coefficient (Wildman–Crippen LogP) is 4.99. The number of halogens is 1. The van der Waals surface area contributed by atoms with Crippen LogP contribution in [0.25, 0.3) is 0 Å². The van der Waals surface area contributed by atoms with E-state index >= 15 is 0 Å². The normalized spacial score (nSPS) is 11.1. The average Bonchev–Trinajstić information content (AvgIpc) is 2.75. The maximum Gasteiger partial charge on any atom is 0.274 e. The van der Waals surface area contributed by atoms with E-state index < -0.39 is 26.5 Å². The van der Waals surface area contributed by atoms with Gasteiger partial charge in [-0.05, 0) is 56.3 Å². The Morgan fingerprint density at radius 2 is 1.69 bits per heavy atom. The molecule has 3 aromatic rings. The Balaban J connectivity index is 2.18. The zero-order valence-corrected chi connectivity index (χ0v) is 18.8. The smallest absolute Gasteiger partial charge is 0.274 e. The highest BCUT2D eigenvalue weighted by molar-refractivity contribution is 7.93. The van der Waals surface area contributed by atoms with Crippen LogP contribution in [0.15, 0.2) is 71.6 Å². The third-order valence-electron chi connectivity index (χ3n) is 4.52. The number of anilines is 1. The van der Waals surface area contributed by atoms with Crippen molar-refractivity contribution >= 4 is 38.9 Å². The lowest BCUT2D eigenvalue weighted by Gasteiger charge is -2.23. The molecule has 3 aromatic carbocycles. The zero-order chi connectivity index (χ0) is 23.5. The first-order valence-electron chi connectivity index (χ1n) is 9.48. The molecule has 0 spiro atoms. The fourth-order valence-electron chi connectivity index (χ4n) is 2.93. The molecule has 0 N–H and O–H groups in total. The first-order valence-corrected chi connectivity index (χ1v) is 11.3. The summed E-state index contributed by atoms with van der Waals surface area (Å²) in [6.45, 7) is 4.01. The molecule has 3 rings (SSSR count). The van der Waals surface area contributed by atoms with E-state index in [2.05, 4.69) is 0 Å². The third-order valence-corrected chi connectivity index (χ3v) is 6.57. The lowest BCUT2D eigenvalue weighted by Crippen LogP contribution is -2.37. The van der Waals surface area contributed by atoms with Gasteiger partial charge in [-0.25, -0.2) is 8.42 Å². The number of rotatable bonds is 7. The van der Waals surface area contributed by atoms with Gasteiger partial charge in [0.25, 0.3) is 21.6 Å². The molecule has 0 aromatic heterocycles. The Labute approximate surface area is 190 Å². The summed E-state index contributed by atoms with van der Waals surface area (Å²) in [5.41, 5.74) is 0.161. The van der Waals surface area contributed by atoms with Gasteiger partial charge in [0.2, 0.25) is 0 Å². The predicted molar refractivity (Wildman–Crippen MR) is 121 cm³/mol. The van der Waals surface area contributed by atoms with Gasteiger partial charge in [-0.2, -0.15) is 4.31 Å². The number of ether oxygens (including phenoxy) is 1. The molecule has 10 heteroatoms. The van der Waals surface area contributed by atoms with Crippen molar-refractivity contribution in [3.05, 3.63) is 93.0 Å². The highest BCUT2D eigenvalue weighted by Gasteiger charge is 2.33. The topological polar surface area (TPSA) is 107 Å². The lowest BCUT2D eigenvalue weighted by molar-refractivity contribution is -0.384. The van der Waals surface area contributed by atoms with Crippen molar-refractivity contribution in [2.24, 2.45) is 0 Å². The molecular weight excluding hydrogens is 456 g/mol. The minimum atomic E-state index is -4.38. The molecule has 32 heavy (non-hydrogen) atoms. The summed E-state index contributed by atoms with van der Waals surface area (Å²) in [5, 5.41) is 11.1. The molecule has 0 aliphatic carbocycles. The lowest BCUT2D eigenvalue weighted by atomic mass is 10.2. The van der Waals surface area contributed by atoms with Gasteiger partial charge in [0.05, 0.1) is 32.7 Å². The van der Waals surface area contributed by atoms with Gasteiger partial charge in [-0.3, -0.25) is 14.9 Å². The number of carbonyl (C=O) groups excluding carboxylic acids is 1. The van der Waals surface area contributed by atoms with Crippen LogP contribution in [-0.2, 0) is 10.0 Å².